The van der Waals surface area contributed by atoms with E-state index in [0.717, 1.165) is 22.3 Å². The molecule has 0 radical (unpaired) electrons. The zero-order chi connectivity index (χ0) is 18.6. The smallest absolute Gasteiger partial charge is 0.274 e. The molecule has 0 aliphatic heterocycles. The highest BCUT2D eigenvalue weighted by atomic mass is 35.5. The largest absolute Gasteiger partial charge is 0.355 e. The molecule has 5 nitrogen and oxygen atoms in total. The van der Waals surface area contributed by atoms with Gasteiger partial charge in [-0.15, -0.1) is 0 Å². The van der Waals surface area contributed by atoms with Crippen molar-refractivity contribution >= 4 is 45.5 Å². The molecule has 2 N–H and O–H groups in total. The van der Waals surface area contributed by atoms with Gasteiger partial charge in [-0.1, -0.05) is 35.9 Å². The fourth-order valence-corrected chi connectivity index (χ4v) is 2.95. The Kier molecular flexibility index (Phi) is 4.68. The number of anilines is 3. The molecule has 2 aromatic carbocycles. The fraction of sp³-hybridized carbons (Fsp3) is 0. The number of halogens is 1. The molecule has 0 unspecified atom stereocenters. The standard InChI is InChI=1S/C21H15ClN4O/c22-15-6-2-7-16(12-15)25-17-9-11-23-19(13-17)21(27)26-18-8-1-4-14-5-3-10-24-20(14)18/h1-13H,(H,23,25)(H,26,27). The number of carbonyl (C=O) groups excluding carboxylic acids is 1. The molecule has 2 heterocycles. The number of benzene rings is 2. The Balaban J connectivity index is 1.57. The van der Waals surface area contributed by atoms with E-state index in [1.807, 2.05) is 48.5 Å². The number of para-hydroxylation sites is 1. The van der Waals surface area contributed by atoms with Gasteiger partial charge in [0.25, 0.3) is 5.91 Å². The zero-order valence-electron chi connectivity index (χ0n) is 14.2. The summed E-state index contributed by atoms with van der Waals surface area (Å²) >= 11 is 6.01. The molecule has 6 heteroatoms. The van der Waals surface area contributed by atoms with E-state index in [1.54, 1.807) is 30.6 Å². The minimum absolute atomic E-state index is 0.301. The van der Waals surface area contributed by atoms with E-state index in [4.69, 9.17) is 11.6 Å². The van der Waals surface area contributed by atoms with E-state index in [-0.39, 0.29) is 5.91 Å². The second kappa shape index (κ2) is 7.43. The number of pyridine rings is 2. The maximum atomic E-state index is 12.7. The molecule has 0 aliphatic carbocycles. The molecule has 0 atom stereocenters. The molecule has 4 aromatic rings. The van der Waals surface area contributed by atoms with E-state index in [1.165, 1.54) is 0 Å². The quantitative estimate of drug-likeness (QED) is 0.510. The molecule has 2 aromatic heterocycles. The highest BCUT2D eigenvalue weighted by Gasteiger charge is 2.11. The summed E-state index contributed by atoms with van der Waals surface area (Å²) in [5, 5.41) is 7.70. The first-order chi connectivity index (χ1) is 13.2. The SMILES string of the molecule is O=C(Nc1cccc2cccnc12)c1cc(Nc2cccc(Cl)c2)ccn1. The summed E-state index contributed by atoms with van der Waals surface area (Å²) in [5.74, 6) is -0.303. The van der Waals surface area contributed by atoms with Gasteiger partial charge >= 0.3 is 0 Å². The van der Waals surface area contributed by atoms with Gasteiger partial charge in [0.1, 0.15) is 5.69 Å². The van der Waals surface area contributed by atoms with Gasteiger partial charge < -0.3 is 10.6 Å². The van der Waals surface area contributed by atoms with Crippen molar-refractivity contribution in [2.24, 2.45) is 0 Å². The number of hydrogen-bond donors (Lipinski definition) is 2. The normalized spacial score (nSPS) is 10.6. The van der Waals surface area contributed by atoms with Crippen molar-refractivity contribution in [3.05, 3.63) is 89.8 Å². The Morgan fingerprint density at radius 2 is 1.67 bits per heavy atom. The lowest BCUT2D eigenvalue weighted by molar-refractivity contribution is 0.102. The molecule has 132 valence electrons. The second-order valence-electron chi connectivity index (χ2n) is 5.90. The van der Waals surface area contributed by atoms with Crippen LogP contribution in [0.1, 0.15) is 10.5 Å². The lowest BCUT2D eigenvalue weighted by atomic mass is 10.2. The Bertz CT molecular complexity index is 1120. The maximum absolute atomic E-state index is 12.7. The number of nitrogens with one attached hydrogen (secondary N) is 2. The Morgan fingerprint density at radius 3 is 2.56 bits per heavy atom. The van der Waals surface area contributed by atoms with Crippen LogP contribution in [0, 0.1) is 0 Å². The molecule has 0 bridgehead atoms. The van der Waals surface area contributed by atoms with Crippen molar-refractivity contribution in [1.82, 2.24) is 9.97 Å². The minimum atomic E-state index is -0.303. The molecular formula is C21H15ClN4O. The molecule has 0 aliphatic rings. The van der Waals surface area contributed by atoms with Crippen LogP contribution in [0.3, 0.4) is 0 Å². The lowest BCUT2D eigenvalue weighted by Gasteiger charge is -2.10. The van der Waals surface area contributed by atoms with Crippen molar-refractivity contribution in [3.63, 3.8) is 0 Å². The monoisotopic (exact) mass is 374 g/mol. The Labute approximate surface area is 161 Å². The molecule has 27 heavy (non-hydrogen) atoms. The molecule has 4 rings (SSSR count). The summed E-state index contributed by atoms with van der Waals surface area (Å²) in [7, 11) is 0. The van der Waals surface area contributed by atoms with Crippen molar-refractivity contribution in [1.29, 1.82) is 0 Å². The minimum Gasteiger partial charge on any atom is -0.355 e. The van der Waals surface area contributed by atoms with Gasteiger partial charge in [-0.05, 0) is 42.5 Å². The van der Waals surface area contributed by atoms with Crippen LogP contribution in [0.2, 0.25) is 5.02 Å². The molecule has 1 amide bonds. The first-order valence-electron chi connectivity index (χ1n) is 8.33. The van der Waals surface area contributed by atoms with Crippen LogP contribution < -0.4 is 10.6 Å². The van der Waals surface area contributed by atoms with E-state index in [0.29, 0.717) is 16.4 Å². The number of aromatic nitrogens is 2. The van der Waals surface area contributed by atoms with Gasteiger partial charge in [0.15, 0.2) is 0 Å². The summed E-state index contributed by atoms with van der Waals surface area (Å²) in [5.41, 5.74) is 3.26. The third-order valence-corrected chi connectivity index (χ3v) is 4.22. The van der Waals surface area contributed by atoms with Crippen LogP contribution in [0.15, 0.2) is 79.1 Å². The maximum Gasteiger partial charge on any atom is 0.274 e. The average Bonchev–Trinajstić information content (AvgIpc) is 2.68. The van der Waals surface area contributed by atoms with Crippen LogP contribution in [-0.4, -0.2) is 15.9 Å². The predicted molar refractivity (Wildman–Crippen MR) is 109 cm³/mol. The number of rotatable bonds is 4. The topological polar surface area (TPSA) is 66.9 Å². The van der Waals surface area contributed by atoms with Crippen LogP contribution in [0.4, 0.5) is 17.1 Å². The summed E-state index contributed by atoms with van der Waals surface area (Å²) in [6.07, 6.45) is 3.29. The van der Waals surface area contributed by atoms with Crippen LogP contribution >= 0.6 is 11.6 Å². The highest BCUT2D eigenvalue weighted by molar-refractivity contribution is 6.30. The third-order valence-electron chi connectivity index (χ3n) is 3.99. The van der Waals surface area contributed by atoms with E-state index in [9.17, 15) is 4.79 Å². The highest BCUT2D eigenvalue weighted by Crippen LogP contribution is 2.23. The fourth-order valence-electron chi connectivity index (χ4n) is 2.76. The third kappa shape index (κ3) is 3.88. The summed E-state index contributed by atoms with van der Waals surface area (Å²) in [6.45, 7) is 0. The van der Waals surface area contributed by atoms with Gasteiger partial charge in [0, 0.05) is 34.2 Å². The molecule has 0 spiro atoms. The number of nitrogens with zero attached hydrogens (tertiary/aromatic N) is 2. The molecule has 0 saturated heterocycles. The number of carbonyl (C=O) groups is 1. The van der Waals surface area contributed by atoms with Crippen LogP contribution in [-0.2, 0) is 0 Å². The number of hydrogen-bond acceptors (Lipinski definition) is 4. The molecule has 0 saturated carbocycles. The summed E-state index contributed by atoms with van der Waals surface area (Å²) in [6, 6.07) is 20.3. The van der Waals surface area contributed by atoms with Gasteiger partial charge in [-0.3, -0.25) is 14.8 Å². The average molecular weight is 375 g/mol. The zero-order valence-corrected chi connectivity index (χ0v) is 14.9. The van der Waals surface area contributed by atoms with E-state index >= 15 is 0 Å². The van der Waals surface area contributed by atoms with Gasteiger partial charge in [-0.25, -0.2) is 0 Å². The van der Waals surface area contributed by atoms with Gasteiger partial charge in [-0.2, -0.15) is 0 Å². The van der Waals surface area contributed by atoms with Gasteiger partial charge in [0.05, 0.1) is 11.2 Å². The van der Waals surface area contributed by atoms with Crippen molar-refractivity contribution in [3.8, 4) is 0 Å². The molecular weight excluding hydrogens is 360 g/mol. The van der Waals surface area contributed by atoms with E-state index in [2.05, 4.69) is 20.6 Å². The van der Waals surface area contributed by atoms with E-state index < -0.39 is 0 Å². The summed E-state index contributed by atoms with van der Waals surface area (Å²) < 4.78 is 0. The second-order valence-corrected chi connectivity index (χ2v) is 6.34. The first-order valence-corrected chi connectivity index (χ1v) is 8.70. The van der Waals surface area contributed by atoms with Gasteiger partial charge in [0.2, 0.25) is 0 Å². The lowest BCUT2D eigenvalue weighted by Crippen LogP contribution is -2.14. The molecule has 0 fully saturated rings. The summed E-state index contributed by atoms with van der Waals surface area (Å²) in [4.78, 5) is 21.2. The van der Waals surface area contributed by atoms with Crippen molar-refractivity contribution in [2.75, 3.05) is 10.6 Å². The Hall–Kier alpha value is -3.44. The van der Waals surface area contributed by atoms with Crippen LogP contribution in [0.25, 0.3) is 10.9 Å². The van der Waals surface area contributed by atoms with Crippen LogP contribution in [0.5, 0.6) is 0 Å². The number of amides is 1. The van der Waals surface area contributed by atoms with Crippen molar-refractivity contribution < 1.29 is 4.79 Å². The Morgan fingerprint density at radius 1 is 0.852 bits per heavy atom. The van der Waals surface area contributed by atoms with Crippen molar-refractivity contribution in [2.45, 2.75) is 0 Å². The first kappa shape index (κ1) is 17.0. The predicted octanol–water partition coefficient (Wildman–Crippen LogP) is 5.28. The number of fused-ring (bicyclic) bond motifs is 1.